The molecule has 0 saturated carbocycles. The topological polar surface area (TPSA) is 48.2 Å². The van der Waals surface area contributed by atoms with Gasteiger partial charge in [0, 0.05) is 18.1 Å². The molecule has 1 unspecified atom stereocenters. The second-order valence-corrected chi connectivity index (χ2v) is 5.29. The van der Waals surface area contributed by atoms with Crippen LogP contribution in [-0.2, 0) is 4.74 Å². The average molecular weight is 258 g/mol. The molecule has 3 rings (SSSR count). The van der Waals surface area contributed by atoms with E-state index in [9.17, 15) is 0 Å². The van der Waals surface area contributed by atoms with Gasteiger partial charge >= 0.3 is 0 Å². The lowest BCUT2D eigenvalue weighted by Crippen LogP contribution is -1.99. The minimum atomic E-state index is 0.285. The third-order valence-corrected chi connectivity index (χ3v) is 3.56. The Balaban J connectivity index is 1.81. The van der Waals surface area contributed by atoms with Crippen molar-refractivity contribution in [3.05, 3.63) is 35.7 Å². The molecule has 2 aromatic rings. The molecule has 0 aliphatic carbocycles. The van der Waals surface area contributed by atoms with Crippen LogP contribution in [0.15, 0.2) is 28.8 Å². The standard InChI is InChI=1S/C15H18N2O2/c1-10(2)11-3-5-12(6-4-11)15-16-14(17-19-15)13-7-8-18-9-13/h3-6,10,13H,7-9H2,1-2H3. The Labute approximate surface area is 112 Å². The molecule has 0 bridgehead atoms. The molecular weight excluding hydrogens is 240 g/mol. The molecule has 0 radical (unpaired) electrons. The molecule has 1 aliphatic heterocycles. The molecule has 1 saturated heterocycles. The highest BCUT2D eigenvalue weighted by molar-refractivity contribution is 5.53. The van der Waals surface area contributed by atoms with Crippen LogP contribution in [0.25, 0.3) is 11.5 Å². The summed E-state index contributed by atoms with van der Waals surface area (Å²) in [6.45, 7) is 5.85. The van der Waals surface area contributed by atoms with Crippen LogP contribution < -0.4 is 0 Å². The van der Waals surface area contributed by atoms with Gasteiger partial charge in [-0.2, -0.15) is 4.98 Å². The van der Waals surface area contributed by atoms with Crippen LogP contribution >= 0.6 is 0 Å². The van der Waals surface area contributed by atoms with Gasteiger partial charge in [-0.3, -0.25) is 0 Å². The van der Waals surface area contributed by atoms with Crippen LogP contribution in [0.5, 0.6) is 0 Å². The van der Waals surface area contributed by atoms with E-state index < -0.39 is 0 Å². The summed E-state index contributed by atoms with van der Waals surface area (Å²) in [5, 5.41) is 4.07. The van der Waals surface area contributed by atoms with Crippen molar-refractivity contribution in [3.8, 4) is 11.5 Å². The van der Waals surface area contributed by atoms with Gasteiger partial charge in [-0.15, -0.1) is 0 Å². The number of nitrogens with zero attached hydrogens (tertiary/aromatic N) is 2. The molecule has 1 aromatic carbocycles. The van der Waals surface area contributed by atoms with E-state index in [0.29, 0.717) is 18.4 Å². The van der Waals surface area contributed by atoms with Crippen molar-refractivity contribution in [1.29, 1.82) is 0 Å². The summed E-state index contributed by atoms with van der Waals surface area (Å²) in [7, 11) is 0. The number of aromatic nitrogens is 2. The van der Waals surface area contributed by atoms with Gasteiger partial charge in [0.1, 0.15) is 0 Å². The SMILES string of the molecule is CC(C)c1ccc(-c2nc(C3CCOC3)no2)cc1. The number of hydrogen-bond acceptors (Lipinski definition) is 4. The van der Waals surface area contributed by atoms with Crippen LogP contribution in [0.3, 0.4) is 0 Å². The summed E-state index contributed by atoms with van der Waals surface area (Å²) in [4.78, 5) is 4.48. The van der Waals surface area contributed by atoms with E-state index in [1.165, 1.54) is 5.56 Å². The first-order valence-electron chi connectivity index (χ1n) is 6.75. The van der Waals surface area contributed by atoms with E-state index in [1.54, 1.807) is 0 Å². The van der Waals surface area contributed by atoms with Gasteiger partial charge in [-0.1, -0.05) is 31.1 Å². The van der Waals surface area contributed by atoms with Gasteiger partial charge in [0.05, 0.1) is 6.61 Å². The number of ether oxygens (including phenoxy) is 1. The summed E-state index contributed by atoms with van der Waals surface area (Å²) >= 11 is 0. The summed E-state index contributed by atoms with van der Waals surface area (Å²) in [6, 6.07) is 8.31. The second kappa shape index (κ2) is 5.13. The van der Waals surface area contributed by atoms with Gasteiger partial charge < -0.3 is 9.26 Å². The van der Waals surface area contributed by atoms with Crippen molar-refractivity contribution in [3.63, 3.8) is 0 Å². The Bertz CT molecular complexity index is 540. The van der Waals surface area contributed by atoms with Crippen molar-refractivity contribution in [1.82, 2.24) is 10.1 Å². The third-order valence-electron chi connectivity index (χ3n) is 3.56. The second-order valence-electron chi connectivity index (χ2n) is 5.29. The van der Waals surface area contributed by atoms with E-state index in [0.717, 1.165) is 24.4 Å². The van der Waals surface area contributed by atoms with Crippen molar-refractivity contribution in [2.75, 3.05) is 13.2 Å². The monoisotopic (exact) mass is 258 g/mol. The van der Waals surface area contributed by atoms with Crippen molar-refractivity contribution in [2.24, 2.45) is 0 Å². The first kappa shape index (κ1) is 12.4. The molecule has 0 N–H and O–H groups in total. The van der Waals surface area contributed by atoms with E-state index >= 15 is 0 Å². The Kier molecular flexibility index (Phi) is 3.34. The molecule has 4 nitrogen and oxygen atoms in total. The van der Waals surface area contributed by atoms with E-state index in [4.69, 9.17) is 9.26 Å². The van der Waals surface area contributed by atoms with Gasteiger partial charge in [0.15, 0.2) is 5.82 Å². The lowest BCUT2D eigenvalue weighted by atomic mass is 10.0. The molecule has 1 aromatic heterocycles. The molecule has 0 spiro atoms. The minimum Gasteiger partial charge on any atom is -0.381 e. The molecule has 100 valence electrons. The van der Waals surface area contributed by atoms with E-state index in [1.807, 2.05) is 12.1 Å². The average Bonchev–Trinajstić information content (AvgIpc) is 3.10. The Hall–Kier alpha value is -1.68. The fraction of sp³-hybridized carbons (Fsp3) is 0.467. The third kappa shape index (κ3) is 2.54. The smallest absolute Gasteiger partial charge is 0.257 e. The zero-order valence-corrected chi connectivity index (χ0v) is 11.3. The molecular formula is C15H18N2O2. The maximum absolute atomic E-state index is 5.35. The maximum atomic E-state index is 5.35. The molecule has 19 heavy (non-hydrogen) atoms. The summed E-state index contributed by atoms with van der Waals surface area (Å²) in [5.74, 6) is 2.17. The molecule has 2 heterocycles. The summed E-state index contributed by atoms with van der Waals surface area (Å²) < 4.78 is 10.7. The van der Waals surface area contributed by atoms with Crippen LogP contribution in [-0.4, -0.2) is 23.4 Å². The summed E-state index contributed by atoms with van der Waals surface area (Å²) in [6.07, 6.45) is 0.977. The maximum Gasteiger partial charge on any atom is 0.257 e. The number of rotatable bonds is 3. The van der Waals surface area contributed by atoms with Crippen LogP contribution in [0, 0.1) is 0 Å². The van der Waals surface area contributed by atoms with Gasteiger partial charge in [0.2, 0.25) is 0 Å². The molecule has 0 amide bonds. The first-order valence-corrected chi connectivity index (χ1v) is 6.75. The van der Waals surface area contributed by atoms with Gasteiger partial charge in [-0.05, 0) is 30.0 Å². The minimum absolute atomic E-state index is 0.285. The van der Waals surface area contributed by atoms with E-state index in [-0.39, 0.29) is 5.92 Å². The van der Waals surface area contributed by atoms with Crippen molar-refractivity contribution < 1.29 is 9.26 Å². The Morgan fingerprint density at radius 3 is 2.63 bits per heavy atom. The largest absolute Gasteiger partial charge is 0.381 e. The normalized spacial score (nSPS) is 19.2. The highest BCUT2D eigenvalue weighted by atomic mass is 16.5. The fourth-order valence-electron chi connectivity index (χ4n) is 2.27. The quantitative estimate of drug-likeness (QED) is 0.847. The zero-order chi connectivity index (χ0) is 13.2. The number of benzene rings is 1. The Morgan fingerprint density at radius 1 is 1.21 bits per heavy atom. The molecule has 1 atom stereocenters. The number of hydrogen-bond donors (Lipinski definition) is 0. The fourth-order valence-corrected chi connectivity index (χ4v) is 2.27. The predicted octanol–water partition coefficient (Wildman–Crippen LogP) is 3.36. The molecule has 1 aliphatic rings. The lowest BCUT2D eigenvalue weighted by molar-refractivity contribution is 0.192. The zero-order valence-electron chi connectivity index (χ0n) is 11.3. The van der Waals surface area contributed by atoms with Crippen molar-refractivity contribution in [2.45, 2.75) is 32.1 Å². The van der Waals surface area contributed by atoms with Gasteiger partial charge in [0.25, 0.3) is 5.89 Å². The summed E-state index contributed by atoms with van der Waals surface area (Å²) in [5.41, 5.74) is 2.29. The molecule has 1 fully saturated rings. The predicted molar refractivity (Wildman–Crippen MR) is 72.0 cm³/mol. The van der Waals surface area contributed by atoms with E-state index in [2.05, 4.69) is 36.1 Å². The molecule has 4 heteroatoms. The van der Waals surface area contributed by atoms with Crippen molar-refractivity contribution >= 4 is 0 Å². The van der Waals surface area contributed by atoms with Crippen LogP contribution in [0.2, 0.25) is 0 Å². The lowest BCUT2D eigenvalue weighted by Gasteiger charge is -2.04. The van der Waals surface area contributed by atoms with Crippen LogP contribution in [0.1, 0.15) is 43.5 Å². The Morgan fingerprint density at radius 2 is 2.00 bits per heavy atom. The highest BCUT2D eigenvalue weighted by Crippen LogP contribution is 2.26. The highest BCUT2D eigenvalue weighted by Gasteiger charge is 2.23. The van der Waals surface area contributed by atoms with Gasteiger partial charge in [-0.25, -0.2) is 0 Å². The first-order chi connectivity index (χ1) is 9.24. The van der Waals surface area contributed by atoms with Crippen LogP contribution in [0.4, 0.5) is 0 Å².